The average Bonchev–Trinajstić information content (AvgIpc) is 2.14. The zero-order chi connectivity index (χ0) is 12.5. The van der Waals surface area contributed by atoms with Crippen molar-refractivity contribution in [1.82, 2.24) is 4.98 Å². The van der Waals surface area contributed by atoms with Crippen LogP contribution in [0.5, 0.6) is 0 Å². The van der Waals surface area contributed by atoms with Crippen LogP contribution in [0.3, 0.4) is 0 Å². The number of aldehydes is 1. The summed E-state index contributed by atoms with van der Waals surface area (Å²) in [6.07, 6.45) is -8.59. The molecule has 0 aliphatic heterocycles. The molecular weight excluding hydrogens is 301 g/mol. The summed E-state index contributed by atoms with van der Waals surface area (Å²) in [6, 6.07) is 0.738. The van der Waals surface area contributed by atoms with E-state index in [9.17, 15) is 26.7 Å². The smallest absolute Gasteiger partial charge is 0.298 e. The van der Waals surface area contributed by atoms with E-state index in [0.29, 0.717) is 0 Å². The standard InChI is InChI=1S/C8H3BrF5NO/c9-4-1-3(2-16)5(8(12,13)14)6(15-4)7(10)11/h1-2,7H. The van der Waals surface area contributed by atoms with E-state index in [1.165, 1.54) is 0 Å². The van der Waals surface area contributed by atoms with Crippen molar-refractivity contribution in [2.45, 2.75) is 12.6 Å². The summed E-state index contributed by atoms with van der Waals surface area (Å²) in [5, 5.41) is 0. The van der Waals surface area contributed by atoms with Crippen LogP contribution in [-0.4, -0.2) is 11.3 Å². The first-order valence-electron chi connectivity index (χ1n) is 3.78. The van der Waals surface area contributed by atoms with Crippen LogP contribution in [0.15, 0.2) is 10.7 Å². The Labute approximate surface area is 94.6 Å². The molecule has 1 rings (SSSR count). The number of aromatic nitrogens is 1. The molecule has 0 aliphatic rings. The van der Waals surface area contributed by atoms with Crippen LogP contribution in [0.2, 0.25) is 0 Å². The van der Waals surface area contributed by atoms with Gasteiger partial charge in [-0.25, -0.2) is 13.8 Å². The van der Waals surface area contributed by atoms with Crippen molar-refractivity contribution in [3.63, 3.8) is 0 Å². The zero-order valence-electron chi connectivity index (χ0n) is 7.36. The van der Waals surface area contributed by atoms with Gasteiger partial charge in [-0.1, -0.05) is 0 Å². The molecule has 0 bridgehead atoms. The maximum absolute atomic E-state index is 12.4. The Morgan fingerprint density at radius 1 is 1.38 bits per heavy atom. The number of alkyl halides is 5. The van der Waals surface area contributed by atoms with Crippen LogP contribution in [0, 0.1) is 0 Å². The lowest BCUT2D eigenvalue weighted by Crippen LogP contribution is -2.15. The summed E-state index contributed by atoms with van der Waals surface area (Å²) < 4.78 is 61.8. The van der Waals surface area contributed by atoms with Crippen LogP contribution in [0.1, 0.15) is 28.0 Å². The molecule has 16 heavy (non-hydrogen) atoms. The number of carbonyl (C=O) groups is 1. The molecule has 0 aliphatic carbocycles. The van der Waals surface area contributed by atoms with Crippen molar-refractivity contribution in [3.05, 3.63) is 27.5 Å². The highest BCUT2D eigenvalue weighted by Crippen LogP contribution is 2.38. The fraction of sp³-hybridized carbons (Fsp3) is 0.250. The third kappa shape index (κ3) is 2.55. The topological polar surface area (TPSA) is 30.0 Å². The van der Waals surface area contributed by atoms with Crippen molar-refractivity contribution in [3.8, 4) is 0 Å². The highest BCUT2D eigenvalue weighted by atomic mass is 79.9. The van der Waals surface area contributed by atoms with Gasteiger partial charge in [-0.05, 0) is 22.0 Å². The van der Waals surface area contributed by atoms with Crippen molar-refractivity contribution >= 4 is 22.2 Å². The maximum atomic E-state index is 12.4. The second kappa shape index (κ2) is 4.44. The van der Waals surface area contributed by atoms with Gasteiger partial charge < -0.3 is 0 Å². The van der Waals surface area contributed by atoms with Crippen molar-refractivity contribution in [1.29, 1.82) is 0 Å². The molecule has 88 valence electrons. The van der Waals surface area contributed by atoms with Crippen LogP contribution in [0.4, 0.5) is 22.0 Å². The Bertz CT molecular complexity index is 418. The fourth-order valence-electron chi connectivity index (χ4n) is 1.11. The predicted molar refractivity (Wildman–Crippen MR) is 47.3 cm³/mol. The van der Waals surface area contributed by atoms with Gasteiger partial charge in [0.25, 0.3) is 6.43 Å². The second-order valence-electron chi connectivity index (χ2n) is 2.71. The number of halogens is 6. The lowest BCUT2D eigenvalue weighted by Gasteiger charge is -2.13. The molecule has 0 fully saturated rings. The molecular formula is C8H3BrF5NO. The lowest BCUT2D eigenvalue weighted by molar-refractivity contribution is -0.140. The molecule has 0 saturated heterocycles. The summed E-state index contributed by atoms with van der Waals surface area (Å²) in [7, 11) is 0. The Morgan fingerprint density at radius 3 is 2.31 bits per heavy atom. The highest BCUT2D eigenvalue weighted by Gasteiger charge is 2.39. The lowest BCUT2D eigenvalue weighted by atomic mass is 10.1. The fourth-order valence-corrected chi connectivity index (χ4v) is 1.55. The highest BCUT2D eigenvalue weighted by molar-refractivity contribution is 9.10. The van der Waals surface area contributed by atoms with Gasteiger partial charge in [0.2, 0.25) is 0 Å². The SMILES string of the molecule is O=Cc1cc(Br)nc(C(F)F)c1C(F)(F)F. The van der Waals surface area contributed by atoms with Crippen molar-refractivity contribution in [2.75, 3.05) is 0 Å². The molecule has 1 aromatic rings. The van der Waals surface area contributed by atoms with E-state index in [2.05, 4.69) is 20.9 Å². The monoisotopic (exact) mass is 303 g/mol. The summed E-state index contributed by atoms with van der Waals surface area (Å²) in [5.41, 5.74) is -4.02. The predicted octanol–water partition coefficient (Wildman–Crippen LogP) is 3.61. The van der Waals surface area contributed by atoms with Crippen LogP contribution in [-0.2, 0) is 6.18 Å². The Hall–Kier alpha value is -1.05. The molecule has 1 aromatic heterocycles. The van der Waals surface area contributed by atoms with Gasteiger partial charge in [-0.2, -0.15) is 13.2 Å². The van der Waals surface area contributed by atoms with Gasteiger partial charge in [0, 0.05) is 5.56 Å². The first-order valence-corrected chi connectivity index (χ1v) is 4.57. The molecule has 0 saturated carbocycles. The molecule has 0 amide bonds. The van der Waals surface area contributed by atoms with E-state index in [1.807, 2.05) is 0 Å². The third-order valence-electron chi connectivity index (χ3n) is 1.66. The minimum Gasteiger partial charge on any atom is -0.298 e. The van der Waals surface area contributed by atoms with Gasteiger partial charge in [0.1, 0.15) is 10.3 Å². The largest absolute Gasteiger partial charge is 0.419 e. The summed E-state index contributed by atoms with van der Waals surface area (Å²) in [5.74, 6) is 0. The Morgan fingerprint density at radius 2 is 1.94 bits per heavy atom. The molecule has 0 N–H and O–H groups in total. The number of pyridine rings is 1. The van der Waals surface area contributed by atoms with E-state index in [0.717, 1.165) is 6.07 Å². The average molecular weight is 304 g/mol. The Kier molecular flexibility index (Phi) is 3.61. The van der Waals surface area contributed by atoms with E-state index in [1.54, 1.807) is 0 Å². The second-order valence-corrected chi connectivity index (χ2v) is 3.52. The third-order valence-corrected chi connectivity index (χ3v) is 2.07. The van der Waals surface area contributed by atoms with E-state index in [4.69, 9.17) is 0 Å². The molecule has 1 heterocycles. The van der Waals surface area contributed by atoms with Crippen molar-refractivity contribution in [2.24, 2.45) is 0 Å². The number of hydrogen-bond donors (Lipinski definition) is 0. The maximum Gasteiger partial charge on any atom is 0.419 e. The number of nitrogens with zero attached hydrogens (tertiary/aromatic N) is 1. The zero-order valence-corrected chi connectivity index (χ0v) is 8.94. The minimum atomic E-state index is -5.05. The van der Waals surface area contributed by atoms with Gasteiger partial charge in [-0.3, -0.25) is 4.79 Å². The first-order chi connectivity index (χ1) is 7.27. The molecule has 2 nitrogen and oxygen atoms in total. The number of hydrogen-bond acceptors (Lipinski definition) is 2. The Balaban J connectivity index is 3.58. The van der Waals surface area contributed by atoms with Gasteiger partial charge >= 0.3 is 6.18 Å². The summed E-state index contributed by atoms with van der Waals surface area (Å²) in [4.78, 5) is 13.4. The summed E-state index contributed by atoms with van der Waals surface area (Å²) in [6.45, 7) is 0. The molecule has 0 spiro atoms. The normalized spacial score (nSPS) is 11.9. The van der Waals surface area contributed by atoms with Crippen LogP contribution in [0.25, 0.3) is 0 Å². The molecule has 0 radical (unpaired) electrons. The van der Waals surface area contributed by atoms with E-state index >= 15 is 0 Å². The number of carbonyl (C=O) groups excluding carboxylic acids is 1. The molecule has 8 heteroatoms. The van der Waals surface area contributed by atoms with Gasteiger partial charge in [0.05, 0.1) is 5.56 Å². The minimum absolute atomic E-state index is 0.138. The molecule has 0 atom stereocenters. The van der Waals surface area contributed by atoms with Gasteiger partial charge in [0.15, 0.2) is 6.29 Å². The van der Waals surface area contributed by atoms with E-state index in [-0.39, 0.29) is 10.9 Å². The van der Waals surface area contributed by atoms with E-state index < -0.39 is 29.4 Å². The van der Waals surface area contributed by atoms with Gasteiger partial charge in [-0.15, -0.1) is 0 Å². The molecule has 0 aromatic carbocycles. The molecule has 0 unspecified atom stereocenters. The van der Waals surface area contributed by atoms with Crippen LogP contribution < -0.4 is 0 Å². The number of rotatable bonds is 2. The summed E-state index contributed by atoms with van der Waals surface area (Å²) >= 11 is 2.65. The quantitative estimate of drug-likeness (QED) is 0.474. The van der Waals surface area contributed by atoms with Crippen LogP contribution >= 0.6 is 15.9 Å². The first kappa shape index (κ1) is 13.0. The van der Waals surface area contributed by atoms with Crippen molar-refractivity contribution < 1.29 is 26.7 Å².